The van der Waals surface area contributed by atoms with Crippen molar-refractivity contribution in [1.29, 1.82) is 0 Å². The predicted molar refractivity (Wildman–Crippen MR) is 77.5 cm³/mol. The van der Waals surface area contributed by atoms with Crippen LogP contribution in [0.2, 0.25) is 0 Å². The van der Waals surface area contributed by atoms with Crippen LogP contribution in [0.25, 0.3) is 0 Å². The maximum Gasteiger partial charge on any atom is 0.325 e. The maximum absolute atomic E-state index is 12.1. The summed E-state index contributed by atoms with van der Waals surface area (Å²) < 4.78 is 5.08. The summed E-state index contributed by atoms with van der Waals surface area (Å²) in [5, 5.41) is 3.09. The van der Waals surface area contributed by atoms with Gasteiger partial charge in [-0.15, -0.1) is 6.58 Å². The monoisotopic (exact) mass is 298 g/mol. The topological polar surface area (TPSA) is 74.2 Å². The SMILES string of the molecule is C=CCSC1=NC2C(C(=O)NC(=O)N2C)N1CCOC. The quantitative estimate of drug-likeness (QED) is 0.729. The van der Waals surface area contributed by atoms with Crippen molar-refractivity contribution in [1.82, 2.24) is 15.1 Å². The summed E-state index contributed by atoms with van der Waals surface area (Å²) in [5.74, 6) is 0.383. The van der Waals surface area contributed by atoms with Gasteiger partial charge in [-0.1, -0.05) is 17.8 Å². The van der Waals surface area contributed by atoms with Crippen LogP contribution in [0.1, 0.15) is 0 Å². The van der Waals surface area contributed by atoms with Crippen LogP contribution in [0.5, 0.6) is 0 Å². The van der Waals surface area contributed by atoms with Gasteiger partial charge >= 0.3 is 6.03 Å². The number of aliphatic imine (C=N–C) groups is 1. The Balaban J connectivity index is 2.23. The first kappa shape index (κ1) is 14.9. The lowest BCUT2D eigenvalue weighted by atomic mass is 10.1. The largest absolute Gasteiger partial charge is 0.383 e. The number of nitrogens with zero attached hydrogens (tertiary/aromatic N) is 3. The number of methoxy groups -OCH3 is 1. The van der Waals surface area contributed by atoms with Crippen molar-refractivity contribution in [2.75, 3.05) is 33.1 Å². The fourth-order valence-corrected chi connectivity index (χ4v) is 3.00. The number of likely N-dealkylation sites (N-methyl/N-ethyl adjacent to an activating group) is 1. The molecule has 2 aliphatic heterocycles. The number of hydrogen-bond acceptors (Lipinski definition) is 6. The van der Waals surface area contributed by atoms with Crippen molar-refractivity contribution in [2.45, 2.75) is 12.2 Å². The van der Waals surface area contributed by atoms with E-state index < -0.39 is 18.2 Å². The van der Waals surface area contributed by atoms with E-state index in [1.807, 2.05) is 4.90 Å². The minimum atomic E-state index is -0.486. The molecule has 2 atom stereocenters. The van der Waals surface area contributed by atoms with E-state index in [9.17, 15) is 9.59 Å². The molecule has 0 aromatic rings. The predicted octanol–water partition coefficient (Wildman–Crippen LogP) is 0.0999. The second-order valence-corrected chi connectivity index (χ2v) is 5.45. The summed E-state index contributed by atoms with van der Waals surface area (Å²) in [6, 6.07) is -0.901. The highest BCUT2D eigenvalue weighted by molar-refractivity contribution is 8.13. The Hall–Kier alpha value is -1.54. The fourth-order valence-electron chi connectivity index (χ4n) is 2.18. The van der Waals surface area contributed by atoms with Gasteiger partial charge in [-0.25, -0.2) is 9.79 Å². The Morgan fingerprint density at radius 1 is 1.55 bits per heavy atom. The molecule has 8 heteroatoms. The second kappa shape index (κ2) is 6.27. The van der Waals surface area contributed by atoms with Gasteiger partial charge in [-0.3, -0.25) is 10.1 Å². The Labute approximate surface area is 122 Å². The first-order valence-corrected chi connectivity index (χ1v) is 7.23. The number of fused-ring (bicyclic) bond motifs is 1. The zero-order valence-electron chi connectivity index (χ0n) is 11.5. The Morgan fingerprint density at radius 3 is 2.95 bits per heavy atom. The lowest BCUT2D eigenvalue weighted by Gasteiger charge is -2.36. The summed E-state index contributed by atoms with van der Waals surface area (Å²) in [6.45, 7) is 4.72. The van der Waals surface area contributed by atoms with Gasteiger partial charge in [0.15, 0.2) is 17.4 Å². The van der Waals surface area contributed by atoms with Crippen molar-refractivity contribution >= 4 is 28.9 Å². The zero-order valence-corrected chi connectivity index (χ0v) is 12.4. The van der Waals surface area contributed by atoms with Gasteiger partial charge in [0.05, 0.1) is 6.61 Å². The first-order chi connectivity index (χ1) is 9.60. The molecule has 7 nitrogen and oxygen atoms in total. The van der Waals surface area contributed by atoms with Gasteiger partial charge in [-0.05, 0) is 0 Å². The molecular weight excluding hydrogens is 280 g/mol. The van der Waals surface area contributed by atoms with Crippen molar-refractivity contribution in [3.05, 3.63) is 12.7 Å². The smallest absolute Gasteiger partial charge is 0.325 e. The molecule has 2 aliphatic rings. The molecule has 20 heavy (non-hydrogen) atoms. The van der Waals surface area contributed by atoms with E-state index in [4.69, 9.17) is 4.74 Å². The van der Waals surface area contributed by atoms with Crippen molar-refractivity contribution in [3.63, 3.8) is 0 Å². The molecule has 2 rings (SSSR count). The lowest BCUT2D eigenvalue weighted by Crippen LogP contribution is -2.63. The zero-order chi connectivity index (χ0) is 14.7. The van der Waals surface area contributed by atoms with Crippen LogP contribution in [0.3, 0.4) is 0 Å². The molecule has 0 radical (unpaired) electrons. The van der Waals surface area contributed by atoms with E-state index in [2.05, 4.69) is 16.9 Å². The maximum atomic E-state index is 12.1. The van der Waals surface area contributed by atoms with Gasteiger partial charge < -0.3 is 14.5 Å². The van der Waals surface area contributed by atoms with E-state index in [0.29, 0.717) is 18.9 Å². The molecule has 110 valence electrons. The van der Waals surface area contributed by atoms with Crippen molar-refractivity contribution < 1.29 is 14.3 Å². The Bertz CT molecular complexity index is 454. The Morgan fingerprint density at radius 2 is 2.30 bits per heavy atom. The molecule has 1 N–H and O–H groups in total. The summed E-state index contributed by atoms with van der Waals surface area (Å²) in [4.78, 5) is 31.6. The fraction of sp³-hybridized carbons (Fsp3) is 0.583. The molecule has 0 aliphatic carbocycles. The molecule has 1 fully saturated rings. The van der Waals surface area contributed by atoms with Crippen LogP contribution in [0, 0.1) is 0 Å². The third-order valence-electron chi connectivity index (χ3n) is 3.19. The molecule has 1 saturated heterocycles. The normalized spacial score (nSPS) is 25.4. The van der Waals surface area contributed by atoms with Crippen LogP contribution in [0.15, 0.2) is 17.6 Å². The number of carbonyl (C=O) groups is 2. The summed E-state index contributed by atoms with van der Waals surface area (Å²) in [6.07, 6.45) is 1.30. The molecule has 0 aromatic carbocycles. The van der Waals surface area contributed by atoms with Gasteiger partial charge in [0.1, 0.15) is 0 Å². The second-order valence-electron chi connectivity index (χ2n) is 4.46. The number of rotatable bonds is 5. The van der Waals surface area contributed by atoms with E-state index in [1.54, 1.807) is 20.2 Å². The highest BCUT2D eigenvalue weighted by Crippen LogP contribution is 2.28. The number of nitrogens with one attached hydrogen (secondary N) is 1. The lowest BCUT2D eigenvalue weighted by molar-refractivity contribution is -0.127. The van der Waals surface area contributed by atoms with Crippen molar-refractivity contribution in [3.8, 4) is 0 Å². The van der Waals surface area contributed by atoms with E-state index >= 15 is 0 Å². The number of amides is 3. The minimum Gasteiger partial charge on any atom is -0.383 e. The summed E-state index contributed by atoms with van der Waals surface area (Å²) >= 11 is 1.50. The number of urea groups is 1. The molecular formula is C12H18N4O3S. The average Bonchev–Trinajstić information content (AvgIpc) is 2.79. The number of thioether (sulfide) groups is 1. The number of imide groups is 1. The minimum absolute atomic E-state index is 0.313. The third-order valence-corrected chi connectivity index (χ3v) is 4.19. The molecule has 2 heterocycles. The van der Waals surface area contributed by atoms with Crippen LogP contribution >= 0.6 is 11.8 Å². The van der Waals surface area contributed by atoms with Crippen LogP contribution in [0.4, 0.5) is 4.79 Å². The van der Waals surface area contributed by atoms with Crippen LogP contribution < -0.4 is 5.32 Å². The van der Waals surface area contributed by atoms with Gasteiger partial charge in [0.2, 0.25) is 0 Å². The molecule has 0 bridgehead atoms. The van der Waals surface area contributed by atoms with Crippen molar-refractivity contribution in [2.24, 2.45) is 4.99 Å². The number of amidine groups is 1. The molecule has 0 saturated carbocycles. The highest BCUT2D eigenvalue weighted by Gasteiger charge is 2.48. The van der Waals surface area contributed by atoms with E-state index in [-0.39, 0.29) is 5.91 Å². The van der Waals surface area contributed by atoms with E-state index in [1.165, 1.54) is 16.7 Å². The summed E-state index contributed by atoms with van der Waals surface area (Å²) in [5.41, 5.74) is 0. The number of ether oxygens (including phenoxy) is 1. The molecule has 0 spiro atoms. The number of carbonyl (C=O) groups excluding carboxylic acids is 2. The summed E-state index contributed by atoms with van der Waals surface area (Å²) in [7, 11) is 3.25. The average molecular weight is 298 g/mol. The Kier molecular flexibility index (Phi) is 4.66. The van der Waals surface area contributed by atoms with Gasteiger partial charge in [-0.2, -0.15) is 0 Å². The van der Waals surface area contributed by atoms with E-state index in [0.717, 1.165) is 5.17 Å². The molecule has 0 aromatic heterocycles. The first-order valence-electron chi connectivity index (χ1n) is 6.25. The van der Waals surface area contributed by atoms with Gasteiger partial charge in [0, 0.05) is 26.5 Å². The number of hydrogen-bond donors (Lipinski definition) is 1. The van der Waals surface area contributed by atoms with Gasteiger partial charge in [0.25, 0.3) is 5.91 Å². The molecule has 3 amide bonds. The van der Waals surface area contributed by atoms with Crippen LogP contribution in [-0.4, -0.2) is 72.2 Å². The highest BCUT2D eigenvalue weighted by atomic mass is 32.2. The van der Waals surface area contributed by atoms with Crippen LogP contribution in [-0.2, 0) is 9.53 Å². The standard InChI is InChI=1S/C12H18N4O3S/c1-4-7-20-12-13-9-8(16(12)5-6-19-3)10(17)14-11(18)15(9)2/h4,8-9H,1,5-7H2,2-3H3,(H,14,17,18). The molecule has 2 unspecified atom stereocenters. The third kappa shape index (κ3) is 2.66.